The Kier molecular flexibility index (Phi) is 7.78. The van der Waals surface area contributed by atoms with E-state index in [2.05, 4.69) is 0 Å². The van der Waals surface area contributed by atoms with Gasteiger partial charge >= 0.3 is 11.9 Å². The predicted molar refractivity (Wildman–Crippen MR) is 136 cm³/mol. The van der Waals surface area contributed by atoms with Crippen molar-refractivity contribution in [2.75, 3.05) is 27.4 Å². The van der Waals surface area contributed by atoms with Crippen LogP contribution in [0.5, 0.6) is 0 Å². The lowest BCUT2D eigenvalue weighted by Gasteiger charge is -2.49. The average Bonchev–Trinajstić information content (AvgIpc) is 3.51. The van der Waals surface area contributed by atoms with Gasteiger partial charge in [0.1, 0.15) is 36.3 Å². The number of esters is 2. The van der Waals surface area contributed by atoms with Gasteiger partial charge in [0.05, 0.1) is 37.1 Å². The monoisotopic (exact) mass is 546 g/mol. The normalized spacial score (nSPS) is 43.3. The second-order valence-corrected chi connectivity index (χ2v) is 11.3. The topological polar surface area (TPSA) is 134 Å². The number of rotatable bonds is 7. The summed E-state index contributed by atoms with van der Waals surface area (Å²) in [7, 11) is 2.99. The maximum absolute atomic E-state index is 13.7. The molecule has 0 amide bonds. The van der Waals surface area contributed by atoms with E-state index in [9.17, 15) is 19.8 Å². The fraction of sp³-hybridized carbons (Fsp3) is 0.655. The molecule has 4 bridgehead atoms. The molecule has 12 atom stereocenters. The molecule has 4 aliphatic rings. The molecule has 0 aromatic carbocycles. The summed E-state index contributed by atoms with van der Waals surface area (Å²) in [5.74, 6) is -3.82. The molecular formula is C29H38O10. The second-order valence-electron chi connectivity index (χ2n) is 11.3. The quantitative estimate of drug-likeness (QED) is 0.387. The molecule has 0 radical (unpaired) electrons. The first-order valence-electron chi connectivity index (χ1n) is 13.5. The minimum Gasteiger partial charge on any atom is -0.472 e. The summed E-state index contributed by atoms with van der Waals surface area (Å²) < 4.78 is 34.5. The Morgan fingerprint density at radius 2 is 1.97 bits per heavy atom. The standard InChI is InChI=1S/C29H38O10/c1-14-10-15(2)29-20(19(12-34-4)28(33)37-24(14)21(30)13-35-5)7-6-18-22(29)23(31)16(3)25(26(18)39-29)38-27(32)17-8-9-36-11-17/h6-11,14,16,18-26,30-31H,12-13H2,1-5H3/b15-10+/t14-,16-,18-,19-,20-,21-,22+,23-,24+,25-,26-,29+/m1/s1. The SMILES string of the molecule is COC[C@@H](O)[C@H]1OC(=O)[C@H](COC)[C@H]2C=C[C@H]3[C@H]4O[C@]2(/C(C)=C/[C@H]1C)[C@@H]3[C@H](O)[C@@H](C)[C@H]4OC(=O)c1ccoc1. The lowest BCUT2D eigenvalue weighted by atomic mass is 9.56. The number of hydrogen-bond donors (Lipinski definition) is 2. The Balaban J connectivity index is 1.59. The highest BCUT2D eigenvalue weighted by Gasteiger charge is 2.70. The highest BCUT2D eigenvalue weighted by atomic mass is 16.6. The van der Waals surface area contributed by atoms with Crippen molar-refractivity contribution < 1.29 is 47.9 Å². The summed E-state index contributed by atoms with van der Waals surface area (Å²) >= 11 is 0. The fourth-order valence-electron chi connectivity index (χ4n) is 7.32. The number of aliphatic hydroxyl groups excluding tert-OH is 2. The minimum absolute atomic E-state index is 0.00179. The van der Waals surface area contributed by atoms with Gasteiger partial charge in [-0.15, -0.1) is 0 Å². The van der Waals surface area contributed by atoms with Gasteiger partial charge in [-0.3, -0.25) is 4.79 Å². The lowest BCUT2D eigenvalue weighted by molar-refractivity contribution is -0.173. The van der Waals surface area contributed by atoms with Gasteiger partial charge in [0, 0.05) is 43.8 Å². The Labute approximate surface area is 227 Å². The Hall–Kier alpha value is -2.50. The second kappa shape index (κ2) is 10.8. The molecule has 3 heterocycles. The number of carbonyl (C=O) groups is 2. The van der Waals surface area contributed by atoms with Crippen LogP contribution < -0.4 is 0 Å². The van der Waals surface area contributed by atoms with Crippen LogP contribution in [0.2, 0.25) is 0 Å². The van der Waals surface area contributed by atoms with Gasteiger partial charge in [-0.1, -0.05) is 32.1 Å². The molecule has 39 heavy (non-hydrogen) atoms. The van der Waals surface area contributed by atoms with Gasteiger partial charge in [0.2, 0.25) is 0 Å². The predicted octanol–water partition coefficient (Wildman–Crippen LogP) is 2.15. The number of methoxy groups -OCH3 is 2. The van der Waals surface area contributed by atoms with E-state index < -0.39 is 71.7 Å². The zero-order valence-corrected chi connectivity index (χ0v) is 22.9. The molecule has 10 nitrogen and oxygen atoms in total. The molecule has 1 saturated heterocycles. The first-order chi connectivity index (χ1) is 18.6. The summed E-state index contributed by atoms with van der Waals surface area (Å²) in [6.07, 6.45) is 4.55. The molecule has 2 fully saturated rings. The number of hydrogen-bond acceptors (Lipinski definition) is 10. The van der Waals surface area contributed by atoms with E-state index in [1.807, 2.05) is 39.0 Å². The first kappa shape index (κ1) is 28.0. The maximum atomic E-state index is 13.7. The zero-order valence-electron chi connectivity index (χ0n) is 22.9. The van der Waals surface area contributed by atoms with Crippen LogP contribution in [-0.4, -0.2) is 85.7 Å². The average molecular weight is 547 g/mol. The van der Waals surface area contributed by atoms with Crippen molar-refractivity contribution in [2.24, 2.45) is 35.5 Å². The molecule has 1 aromatic heterocycles. The van der Waals surface area contributed by atoms with E-state index in [0.717, 1.165) is 5.57 Å². The molecule has 0 unspecified atom stereocenters. The lowest BCUT2D eigenvalue weighted by Crippen LogP contribution is -2.58. The molecule has 2 aliphatic heterocycles. The van der Waals surface area contributed by atoms with Crippen LogP contribution in [0.15, 0.2) is 46.8 Å². The van der Waals surface area contributed by atoms with Crippen LogP contribution in [0, 0.1) is 35.5 Å². The van der Waals surface area contributed by atoms with Gasteiger partial charge in [-0.05, 0) is 18.6 Å². The Morgan fingerprint density at radius 1 is 1.21 bits per heavy atom. The zero-order chi connectivity index (χ0) is 28.1. The van der Waals surface area contributed by atoms with E-state index in [-0.39, 0.29) is 30.6 Å². The highest BCUT2D eigenvalue weighted by molar-refractivity contribution is 5.89. The van der Waals surface area contributed by atoms with Crippen molar-refractivity contribution in [3.05, 3.63) is 48.0 Å². The van der Waals surface area contributed by atoms with Gasteiger partial charge in [-0.2, -0.15) is 0 Å². The number of ether oxygens (including phenoxy) is 5. The van der Waals surface area contributed by atoms with Gasteiger partial charge in [0.25, 0.3) is 0 Å². The molecule has 1 aromatic rings. The van der Waals surface area contributed by atoms with Crippen LogP contribution in [0.3, 0.4) is 0 Å². The smallest absolute Gasteiger partial charge is 0.341 e. The van der Waals surface area contributed by atoms with E-state index in [1.165, 1.54) is 32.8 Å². The van der Waals surface area contributed by atoms with E-state index in [1.54, 1.807) is 0 Å². The van der Waals surface area contributed by atoms with E-state index >= 15 is 0 Å². The Morgan fingerprint density at radius 3 is 2.64 bits per heavy atom. The molecule has 2 N–H and O–H groups in total. The van der Waals surface area contributed by atoms with Gasteiger partial charge in [-0.25, -0.2) is 4.79 Å². The molecule has 2 aliphatic carbocycles. The summed E-state index contributed by atoms with van der Waals surface area (Å²) in [6.45, 7) is 5.71. The van der Waals surface area contributed by atoms with Crippen molar-refractivity contribution in [2.45, 2.75) is 56.9 Å². The van der Waals surface area contributed by atoms with E-state index in [4.69, 9.17) is 28.1 Å². The number of aliphatic hydroxyl groups is 2. The first-order valence-corrected chi connectivity index (χ1v) is 13.5. The van der Waals surface area contributed by atoms with Crippen LogP contribution in [-0.2, 0) is 28.5 Å². The molecule has 1 saturated carbocycles. The van der Waals surface area contributed by atoms with Gasteiger partial charge in [0.15, 0.2) is 0 Å². The van der Waals surface area contributed by atoms with Crippen molar-refractivity contribution in [3.8, 4) is 0 Å². The number of furan rings is 1. The third-order valence-electron chi connectivity index (χ3n) is 9.10. The van der Waals surface area contributed by atoms with Crippen LogP contribution in [0.4, 0.5) is 0 Å². The van der Waals surface area contributed by atoms with Crippen molar-refractivity contribution in [3.63, 3.8) is 0 Å². The minimum atomic E-state index is -1.08. The fourth-order valence-corrected chi connectivity index (χ4v) is 7.32. The molecule has 1 spiro atoms. The third-order valence-corrected chi connectivity index (χ3v) is 9.10. The van der Waals surface area contributed by atoms with Crippen LogP contribution in [0.25, 0.3) is 0 Å². The summed E-state index contributed by atoms with van der Waals surface area (Å²) in [5.41, 5.74) is 0.0257. The Bertz CT molecular complexity index is 1110. The maximum Gasteiger partial charge on any atom is 0.341 e. The van der Waals surface area contributed by atoms with Crippen molar-refractivity contribution in [1.29, 1.82) is 0 Å². The molecule has 214 valence electrons. The molecule has 5 rings (SSSR count). The largest absolute Gasteiger partial charge is 0.472 e. The van der Waals surface area contributed by atoms with Crippen LogP contribution in [0.1, 0.15) is 31.1 Å². The number of cyclic esters (lactones) is 1. The third kappa shape index (κ3) is 4.46. The van der Waals surface area contributed by atoms with Crippen molar-refractivity contribution >= 4 is 11.9 Å². The van der Waals surface area contributed by atoms with Crippen molar-refractivity contribution in [1.82, 2.24) is 0 Å². The van der Waals surface area contributed by atoms with Gasteiger partial charge < -0.3 is 38.3 Å². The highest BCUT2D eigenvalue weighted by Crippen LogP contribution is 2.61. The molecular weight excluding hydrogens is 508 g/mol. The van der Waals surface area contributed by atoms with E-state index in [0.29, 0.717) is 0 Å². The summed E-state index contributed by atoms with van der Waals surface area (Å²) in [4.78, 5) is 26.6. The summed E-state index contributed by atoms with van der Waals surface area (Å²) in [5, 5.41) is 22.6. The summed E-state index contributed by atoms with van der Waals surface area (Å²) in [6, 6.07) is 1.53. The van der Waals surface area contributed by atoms with Crippen LogP contribution >= 0.6 is 0 Å². The molecule has 10 heteroatoms. The number of carbonyl (C=O) groups excluding carboxylic acids is 2.